The van der Waals surface area contributed by atoms with Gasteiger partial charge in [0, 0.05) is 24.8 Å². The molecule has 0 radical (unpaired) electrons. The zero-order chi connectivity index (χ0) is 13.2. The molecule has 0 bridgehead atoms. The van der Waals surface area contributed by atoms with Crippen LogP contribution in [-0.2, 0) is 0 Å². The Balaban J connectivity index is 2.48. The minimum Gasteiger partial charge on any atom is -0.280 e. The first-order valence-electron chi connectivity index (χ1n) is 5.94. The number of nitro benzene ring substituents is 1. The standard InChI is InChI=1S/C14H16N2O2/c1-2-3-4-5-6-10-15-12-13-8-7-9-14(11-13)16(17)18/h7-9,11-12H,2-4,10H2,1H3. The van der Waals surface area contributed by atoms with Gasteiger partial charge in [-0.2, -0.15) is 0 Å². The molecule has 0 N–H and O–H groups in total. The van der Waals surface area contributed by atoms with E-state index in [0.717, 1.165) is 24.8 Å². The summed E-state index contributed by atoms with van der Waals surface area (Å²) in [6.45, 7) is 2.56. The van der Waals surface area contributed by atoms with Gasteiger partial charge in [0.05, 0.1) is 11.5 Å². The van der Waals surface area contributed by atoms with Crippen molar-refractivity contribution >= 4 is 11.9 Å². The number of rotatable bonds is 5. The molecule has 0 heterocycles. The summed E-state index contributed by atoms with van der Waals surface area (Å²) in [5.74, 6) is 5.98. The van der Waals surface area contributed by atoms with Gasteiger partial charge in [0.2, 0.25) is 0 Å². The number of non-ortho nitro benzene ring substituents is 1. The molecule has 0 aliphatic carbocycles. The molecule has 18 heavy (non-hydrogen) atoms. The third-order valence-electron chi connectivity index (χ3n) is 2.27. The summed E-state index contributed by atoms with van der Waals surface area (Å²) >= 11 is 0. The first-order valence-corrected chi connectivity index (χ1v) is 5.94. The van der Waals surface area contributed by atoms with Crippen molar-refractivity contribution in [2.75, 3.05) is 6.54 Å². The molecule has 0 aromatic heterocycles. The Hall–Kier alpha value is -2.15. The summed E-state index contributed by atoms with van der Waals surface area (Å²) in [5, 5.41) is 10.6. The van der Waals surface area contributed by atoms with E-state index in [9.17, 15) is 10.1 Å². The molecule has 1 aromatic rings. The molecule has 0 unspecified atom stereocenters. The number of nitrogens with zero attached hydrogens (tertiary/aromatic N) is 2. The maximum atomic E-state index is 10.6. The number of aliphatic imine (C=N–C) groups is 1. The monoisotopic (exact) mass is 244 g/mol. The van der Waals surface area contributed by atoms with E-state index >= 15 is 0 Å². The SMILES string of the molecule is CCCCC#CCN=Cc1cccc([N+](=O)[O-])c1. The lowest BCUT2D eigenvalue weighted by molar-refractivity contribution is -0.384. The lowest BCUT2D eigenvalue weighted by atomic mass is 10.2. The zero-order valence-corrected chi connectivity index (χ0v) is 10.4. The van der Waals surface area contributed by atoms with Gasteiger partial charge in [-0.3, -0.25) is 15.1 Å². The average molecular weight is 244 g/mol. The van der Waals surface area contributed by atoms with E-state index in [4.69, 9.17) is 0 Å². The minimum absolute atomic E-state index is 0.0768. The topological polar surface area (TPSA) is 55.5 Å². The van der Waals surface area contributed by atoms with Crippen molar-refractivity contribution < 1.29 is 4.92 Å². The quantitative estimate of drug-likeness (QED) is 0.262. The first kappa shape index (κ1) is 13.9. The van der Waals surface area contributed by atoms with Crippen molar-refractivity contribution in [1.29, 1.82) is 0 Å². The van der Waals surface area contributed by atoms with Crippen LogP contribution in [0.3, 0.4) is 0 Å². The van der Waals surface area contributed by atoms with E-state index in [1.54, 1.807) is 18.3 Å². The molecule has 0 saturated carbocycles. The van der Waals surface area contributed by atoms with Crippen LogP contribution < -0.4 is 0 Å². The second kappa shape index (κ2) is 8.02. The summed E-state index contributed by atoms with van der Waals surface area (Å²) in [6.07, 6.45) is 4.78. The van der Waals surface area contributed by atoms with Crippen LogP contribution in [0, 0.1) is 22.0 Å². The maximum absolute atomic E-state index is 10.6. The summed E-state index contributed by atoms with van der Waals surface area (Å²) in [6, 6.07) is 6.38. The minimum atomic E-state index is -0.415. The molecule has 0 amide bonds. The van der Waals surface area contributed by atoms with Crippen LogP contribution in [0.2, 0.25) is 0 Å². The van der Waals surface area contributed by atoms with E-state index < -0.39 is 4.92 Å². The van der Waals surface area contributed by atoms with Gasteiger partial charge < -0.3 is 0 Å². The summed E-state index contributed by atoms with van der Waals surface area (Å²) in [5.41, 5.74) is 0.799. The van der Waals surface area contributed by atoms with Crippen molar-refractivity contribution in [2.45, 2.75) is 26.2 Å². The van der Waals surface area contributed by atoms with Crippen molar-refractivity contribution in [3.8, 4) is 11.8 Å². The zero-order valence-electron chi connectivity index (χ0n) is 10.4. The fraction of sp³-hybridized carbons (Fsp3) is 0.357. The molecular formula is C14H16N2O2. The summed E-state index contributed by atoms with van der Waals surface area (Å²) in [4.78, 5) is 14.3. The number of nitro groups is 1. The number of benzene rings is 1. The van der Waals surface area contributed by atoms with Gasteiger partial charge >= 0.3 is 0 Å². The Labute approximate surface area is 107 Å². The second-order valence-electron chi connectivity index (χ2n) is 3.78. The molecule has 0 saturated heterocycles. The smallest absolute Gasteiger partial charge is 0.270 e. The molecule has 0 aliphatic rings. The molecule has 1 rings (SSSR count). The Morgan fingerprint density at radius 3 is 3.00 bits per heavy atom. The van der Waals surface area contributed by atoms with E-state index in [-0.39, 0.29) is 5.69 Å². The fourth-order valence-electron chi connectivity index (χ4n) is 1.32. The predicted molar refractivity (Wildman–Crippen MR) is 72.9 cm³/mol. The van der Waals surface area contributed by atoms with Gasteiger partial charge in [0.1, 0.15) is 0 Å². The third kappa shape index (κ3) is 5.26. The molecule has 0 atom stereocenters. The van der Waals surface area contributed by atoms with Gasteiger partial charge in [-0.1, -0.05) is 31.4 Å². The molecular weight excluding hydrogens is 228 g/mol. The van der Waals surface area contributed by atoms with Gasteiger partial charge in [-0.25, -0.2) is 0 Å². The highest BCUT2D eigenvalue weighted by molar-refractivity contribution is 5.80. The molecule has 0 aliphatic heterocycles. The maximum Gasteiger partial charge on any atom is 0.270 e. The highest BCUT2D eigenvalue weighted by Gasteiger charge is 2.03. The van der Waals surface area contributed by atoms with Gasteiger partial charge in [-0.15, -0.1) is 5.92 Å². The van der Waals surface area contributed by atoms with Crippen LogP contribution in [-0.4, -0.2) is 17.7 Å². The molecule has 0 spiro atoms. The number of hydrogen-bond acceptors (Lipinski definition) is 3. The largest absolute Gasteiger partial charge is 0.280 e. The average Bonchev–Trinajstić information content (AvgIpc) is 2.38. The Morgan fingerprint density at radius 2 is 2.28 bits per heavy atom. The molecule has 0 fully saturated rings. The van der Waals surface area contributed by atoms with Crippen LogP contribution >= 0.6 is 0 Å². The van der Waals surface area contributed by atoms with E-state index in [2.05, 4.69) is 23.8 Å². The normalized spacial score (nSPS) is 10.1. The highest BCUT2D eigenvalue weighted by atomic mass is 16.6. The van der Waals surface area contributed by atoms with E-state index in [1.807, 2.05) is 0 Å². The van der Waals surface area contributed by atoms with Gasteiger partial charge in [0.15, 0.2) is 0 Å². The predicted octanol–water partition coefficient (Wildman–Crippen LogP) is 3.21. The van der Waals surface area contributed by atoms with Crippen LogP contribution in [0.15, 0.2) is 29.3 Å². The lowest BCUT2D eigenvalue weighted by Crippen LogP contribution is -1.89. The van der Waals surface area contributed by atoms with Crippen molar-refractivity contribution in [3.63, 3.8) is 0 Å². The Kier molecular flexibility index (Phi) is 6.20. The van der Waals surface area contributed by atoms with Crippen molar-refractivity contribution in [3.05, 3.63) is 39.9 Å². The van der Waals surface area contributed by atoms with E-state index in [1.165, 1.54) is 12.1 Å². The molecule has 1 aromatic carbocycles. The van der Waals surface area contributed by atoms with Gasteiger partial charge in [0.25, 0.3) is 5.69 Å². The van der Waals surface area contributed by atoms with Crippen LogP contribution in [0.4, 0.5) is 5.69 Å². The molecule has 4 nitrogen and oxygen atoms in total. The van der Waals surface area contributed by atoms with Crippen LogP contribution in [0.25, 0.3) is 0 Å². The lowest BCUT2D eigenvalue weighted by Gasteiger charge is -1.92. The Bertz CT molecular complexity index is 484. The third-order valence-corrected chi connectivity index (χ3v) is 2.27. The fourth-order valence-corrected chi connectivity index (χ4v) is 1.32. The second-order valence-corrected chi connectivity index (χ2v) is 3.78. The highest BCUT2D eigenvalue weighted by Crippen LogP contribution is 2.11. The number of unbranched alkanes of at least 4 members (excludes halogenated alkanes) is 2. The molecule has 94 valence electrons. The van der Waals surface area contributed by atoms with E-state index in [0.29, 0.717) is 6.54 Å². The van der Waals surface area contributed by atoms with Gasteiger partial charge in [-0.05, 0) is 12.0 Å². The van der Waals surface area contributed by atoms with Crippen LogP contribution in [0.5, 0.6) is 0 Å². The van der Waals surface area contributed by atoms with Crippen molar-refractivity contribution in [1.82, 2.24) is 0 Å². The van der Waals surface area contributed by atoms with Crippen molar-refractivity contribution in [2.24, 2.45) is 4.99 Å². The summed E-state index contributed by atoms with van der Waals surface area (Å²) in [7, 11) is 0. The van der Waals surface area contributed by atoms with Crippen LogP contribution in [0.1, 0.15) is 31.7 Å². The first-order chi connectivity index (χ1) is 8.74. The Morgan fingerprint density at radius 1 is 1.44 bits per heavy atom. The molecule has 4 heteroatoms. The summed E-state index contributed by atoms with van der Waals surface area (Å²) < 4.78 is 0. The number of hydrogen-bond donors (Lipinski definition) is 0.